The van der Waals surface area contributed by atoms with Crippen LogP contribution in [0.15, 0.2) is 29.2 Å². The van der Waals surface area contributed by atoms with Gasteiger partial charge in [-0.1, -0.05) is 0 Å². The molecule has 0 aliphatic heterocycles. The predicted octanol–water partition coefficient (Wildman–Crippen LogP) is 2.04. The fourth-order valence-electron chi connectivity index (χ4n) is 2.91. The van der Waals surface area contributed by atoms with Crippen LogP contribution in [0.5, 0.6) is 0 Å². The number of rotatable bonds is 6. The second-order valence-electron chi connectivity index (χ2n) is 6.01. The molecule has 1 aliphatic rings. The van der Waals surface area contributed by atoms with Gasteiger partial charge in [0.15, 0.2) is 0 Å². The fraction of sp³-hybridized carbons (Fsp3) is 0.500. The van der Waals surface area contributed by atoms with Crippen LogP contribution in [-0.4, -0.2) is 26.9 Å². The van der Waals surface area contributed by atoms with Crippen molar-refractivity contribution in [1.29, 1.82) is 0 Å². The van der Waals surface area contributed by atoms with Crippen molar-refractivity contribution in [2.24, 2.45) is 13.0 Å². The maximum Gasteiger partial charge on any atom is 0.220 e. The van der Waals surface area contributed by atoms with Crippen molar-refractivity contribution in [3.05, 3.63) is 40.3 Å². The highest BCUT2D eigenvalue weighted by atomic mass is 32.1. The highest BCUT2D eigenvalue weighted by molar-refractivity contribution is 7.07. The average Bonchev–Trinajstić information content (AvgIpc) is 3.11. The molecule has 0 bridgehead atoms. The monoisotopic (exact) mass is 319 g/mol. The molecule has 0 aromatic carbocycles. The smallest absolute Gasteiger partial charge is 0.220 e. The first-order valence-corrected chi connectivity index (χ1v) is 8.53. The van der Waals surface area contributed by atoms with Crippen LogP contribution < -0.4 is 5.32 Å². The van der Waals surface area contributed by atoms with Crippen LogP contribution in [0.1, 0.15) is 36.4 Å². The first-order valence-electron chi connectivity index (χ1n) is 7.59. The van der Waals surface area contributed by atoms with E-state index in [4.69, 9.17) is 0 Å². The normalized spacial score (nSPS) is 22.1. The minimum absolute atomic E-state index is 0.0490. The Morgan fingerprint density at radius 1 is 1.59 bits per heavy atom. The van der Waals surface area contributed by atoms with Gasteiger partial charge in [0.05, 0.1) is 18.3 Å². The van der Waals surface area contributed by atoms with E-state index in [1.165, 1.54) is 5.56 Å². The lowest BCUT2D eigenvalue weighted by atomic mass is 9.75. The Morgan fingerprint density at radius 2 is 2.41 bits per heavy atom. The zero-order valence-electron chi connectivity index (χ0n) is 12.6. The lowest BCUT2D eigenvalue weighted by Crippen LogP contribution is -2.41. The summed E-state index contributed by atoms with van der Waals surface area (Å²) in [5.41, 5.74) is 2.22. The third kappa shape index (κ3) is 3.56. The van der Waals surface area contributed by atoms with Crippen molar-refractivity contribution < 1.29 is 9.90 Å². The molecule has 0 unspecified atom stereocenters. The van der Waals surface area contributed by atoms with Crippen molar-refractivity contribution in [1.82, 2.24) is 15.1 Å². The summed E-state index contributed by atoms with van der Waals surface area (Å²) in [5.74, 6) is 0.353. The molecular formula is C16H21N3O2S. The molecule has 1 aliphatic carbocycles. The van der Waals surface area contributed by atoms with Gasteiger partial charge in [-0.2, -0.15) is 16.4 Å². The number of aliphatic hydroxyl groups excluding tert-OH is 1. The highest BCUT2D eigenvalue weighted by Crippen LogP contribution is 2.38. The molecule has 0 radical (unpaired) electrons. The molecular weight excluding hydrogens is 298 g/mol. The van der Waals surface area contributed by atoms with Gasteiger partial charge in [0.2, 0.25) is 5.91 Å². The van der Waals surface area contributed by atoms with Crippen molar-refractivity contribution >= 4 is 17.2 Å². The summed E-state index contributed by atoms with van der Waals surface area (Å²) in [5, 5.41) is 21.0. The van der Waals surface area contributed by atoms with Crippen LogP contribution >= 0.6 is 11.3 Å². The van der Waals surface area contributed by atoms with Crippen molar-refractivity contribution in [3.8, 4) is 0 Å². The van der Waals surface area contributed by atoms with Gasteiger partial charge in [-0.15, -0.1) is 0 Å². The Kier molecular flexibility index (Phi) is 4.59. The van der Waals surface area contributed by atoms with Crippen LogP contribution in [0.4, 0.5) is 0 Å². The molecule has 5 nitrogen and oxygen atoms in total. The minimum Gasteiger partial charge on any atom is -0.393 e. The summed E-state index contributed by atoms with van der Waals surface area (Å²) in [6, 6.07) is 2.01. The topological polar surface area (TPSA) is 67.2 Å². The van der Waals surface area contributed by atoms with Crippen LogP contribution in [0.25, 0.3) is 0 Å². The zero-order chi connectivity index (χ0) is 15.5. The number of thiophene rings is 1. The number of aryl methyl sites for hydroxylation is 2. The molecule has 1 atom stereocenters. The molecule has 3 rings (SSSR count). The van der Waals surface area contributed by atoms with Crippen LogP contribution in [-0.2, 0) is 18.3 Å². The van der Waals surface area contributed by atoms with E-state index in [1.54, 1.807) is 22.2 Å². The summed E-state index contributed by atoms with van der Waals surface area (Å²) in [6.45, 7) is 0. The van der Waals surface area contributed by atoms with E-state index >= 15 is 0 Å². The Bertz CT molecular complexity index is 617. The van der Waals surface area contributed by atoms with E-state index in [2.05, 4.69) is 21.9 Å². The van der Waals surface area contributed by atoms with Crippen molar-refractivity contribution in [3.63, 3.8) is 0 Å². The predicted molar refractivity (Wildman–Crippen MR) is 85.5 cm³/mol. The number of nitrogens with one attached hydrogen (secondary N) is 1. The van der Waals surface area contributed by atoms with Gasteiger partial charge in [-0.05, 0) is 47.6 Å². The average molecular weight is 319 g/mol. The molecule has 0 saturated heterocycles. The molecule has 2 N–H and O–H groups in total. The SMILES string of the molecule is Cn1cc([C@H](NC(=O)CCc2ccsc2)C2CC(O)C2)cn1. The minimum atomic E-state index is -0.230. The number of hydrogen-bond acceptors (Lipinski definition) is 4. The van der Waals surface area contributed by atoms with Gasteiger partial charge in [-0.25, -0.2) is 0 Å². The zero-order valence-corrected chi connectivity index (χ0v) is 13.4. The maximum atomic E-state index is 12.3. The lowest BCUT2D eigenvalue weighted by molar-refractivity contribution is -0.123. The largest absolute Gasteiger partial charge is 0.393 e. The Hall–Kier alpha value is -1.66. The summed E-state index contributed by atoms with van der Waals surface area (Å²) in [7, 11) is 1.87. The van der Waals surface area contributed by atoms with Crippen LogP contribution in [0, 0.1) is 5.92 Å². The quantitative estimate of drug-likeness (QED) is 0.856. The summed E-state index contributed by atoms with van der Waals surface area (Å²) < 4.78 is 1.74. The standard InChI is InChI=1S/C16H21N3O2S/c1-19-9-13(8-17-19)16(12-6-14(20)7-12)18-15(21)3-2-11-4-5-22-10-11/h4-5,8-10,12,14,16,20H,2-3,6-7H2,1H3,(H,18,21)/t12?,14?,16-/m1/s1. The van der Waals surface area contributed by atoms with E-state index in [0.717, 1.165) is 24.8 Å². The van der Waals surface area contributed by atoms with E-state index in [9.17, 15) is 9.90 Å². The molecule has 118 valence electrons. The first-order chi connectivity index (χ1) is 10.6. The second-order valence-corrected chi connectivity index (χ2v) is 6.79. The maximum absolute atomic E-state index is 12.3. The number of carbonyl (C=O) groups excluding carboxylic acids is 1. The van der Waals surface area contributed by atoms with E-state index < -0.39 is 0 Å². The number of hydrogen-bond donors (Lipinski definition) is 2. The third-order valence-corrected chi connectivity index (χ3v) is 4.97. The van der Waals surface area contributed by atoms with Gasteiger partial charge in [0.1, 0.15) is 0 Å². The molecule has 1 saturated carbocycles. The number of aromatic nitrogens is 2. The molecule has 2 aromatic heterocycles. The van der Waals surface area contributed by atoms with Crippen molar-refractivity contribution in [2.75, 3.05) is 0 Å². The lowest BCUT2D eigenvalue weighted by Gasteiger charge is -2.37. The number of aliphatic hydroxyl groups is 1. The number of carbonyl (C=O) groups is 1. The molecule has 6 heteroatoms. The van der Waals surface area contributed by atoms with Crippen LogP contribution in [0.2, 0.25) is 0 Å². The van der Waals surface area contributed by atoms with Gasteiger partial charge < -0.3 is 10.4 Å². The van der Waals surface area contributed by atoms with Gasteiger partial charge in [0, 0.05) is 25.2 Å². The summed E-state index contributed by atoms with van der Waals surface area (Å²) >= 11 is 1.65. The van der Waals surface area contributed by atoms with Gasteiger partial charge >= 0.3 is 0 Å². The molecule has 1 fully saturated rings. The summed E-state index contributed by atoms with van der Waals surface area (Å²) in [6.07, 6.45) is 6.25. The van der Waals surface area contributed by atoms with Gasteiger partial charge in [0.25, 0.3) is 0 Å². The number of nitrogens with zero attached hydrogens (tertiary/aromatic N) is 2. The number of amides is 1. The second kappa shape index (κ2) is 6.62. The van der Waals surface area contributed by atoms with E-state index in [0.29, 0.717) is 12.3 Å². The Morgan fingerprint density at radius 3 is 3.00 bits per heavy atom. The molecule has 22 heavy (non-hydrogen) atoms. The molecule has 0 spiro atoms. The Balaban J connectivity index is 1.61. The third-order valence-electron chi connectivity index (χ3n) is 4.24. The van der Waals surface area contributed by atoms with E-state index in [-0.39, 0.29) is 18.1 Å². The Labute approximate surface area is 134 Å². The first kappa shape index (κ1) is 15.2. The van der Waals surface area contributed by atoms with Gasteiger partial charge in [-0.3, -0.25) is 9.48 Å². The highest BCUT2D eigenvalue weighted by Gasteiger charge is 2.36. The fourth-order valence-corrected chi connectivity index (χ4v) is 3.62. The molecule has 2 aromatic rings. The van der Waals surface area contributed by atoms with Crippen LogP contribution in [0.3, 0.4) is 0 Å². The van der Waals surface area contributed by atoms with Crippen molar-refractivity contribution in [2.45, 2.75) is 37.8 Å². The van der Waals surface area contributed by atoms with E-state index in [1.807, 2.05) is 18.6 Å². The molecule has 1 amide bonds. The molecule has 2 heterocycles. The summed E-state index contributed by atoms with van der Waals surface area (Å²) in [4.78, 5) is 12.3.